The van der Waals surface area contributed by atoms with Crippen LogP contribution in [-0.4, -0.2) is 15.7 Å². The molecule has 20 heavy (non-hydrogen) atoms. The first kappa shape index (κ1) is 13.9. The van der Waals surface area contributed by atoms with Gasteiger partial charge in [0.05, 0.1) is 6.61 Å². The number of para-hydroxylation sites is 1. The maximum absolute atomic E-state index is 11.8. The van der Waals surface area contributed by atoms with E-state index in [1.54, 1.807) is 7.05 Å². The molecule has 106 valence electrons. The third-order valence-corrected chi connectivity index (χ3v) is 2.90. The van der Waals surface area contributed by atoms with Crippen LogP contribution in [0.25, 0.3) is 0 Å². The van der Waals surface area contributed by atoms with Gasteiger partial charge in [-0.15, -0.1) is 0 Å². The third-order valence-electron chi connectivity index (χ3n) is 2.90. The maximum Gasteiger partial charge on any atom is 0.330 e. The Hall–Kier alpha value is -2.50. The molecule has 2 aromatic rings. The van der Waals surface area contributed by atoms with Crippen LogP contribution in [0.5, 0.6) is 5.75 Å². The highest BCUT2D eigenvalue weighted by atomic mass is 16.5. The second-order valence-electron chi connectivity index (χ2n) is 4.45. The Bertz CT molecular complexity index is 655. The summed E-state index contributed by atoms with van der Waals surface area (Å²) in [6, 6.07) is 9.38. The minimum Gasteiger partial charge on any atom is -0.494 e. The van der Waals surface area contributed by atoms with Gasteiger partial charge in [-0.05, 0) is 18.6 Å². The molecule has 1 aromatic carbocycles. The molecule has 1 aromatic heterocycles. The zero-order valence-corrected chi connectivity index (χ0v) is 11.3. The first-order valence-corrected chi connectivity index (χ1v) is 6.33. The molecule has 0 aliphatic heterocycles. The molecule has 0 spiro atoms. The highest BCUT2D eigenvalue weighted by Crippen LogP contribution is 2.08. The van der Waals surface area contributed by atoms with Crippen LogP contribution in [0.4, 0.5) is 5.69 Å². The molecule has 6 nitrogen and oxygen atoms in total. The number of ether oxygens (including phenoxy) is 1. The summed E-state index contributed by atoms with van der Waals surface area (Å²) >= 11 is 0. The fourth-order valence-corrected chi connectivity index (χ4v) is 1.88. The number of hydrogen-bond acceptors (Lipinski definition) is 4. The Labute approximate surface area is 116 Å². The summed E-state index contributed by atoms with van der Waals surface area (Å²) in [4.78, 5) is 23.6. The molecule has 6 heteroatoms. The van der Waals surface area contributed by atoms with E-state index in [-0.39, 0.29) is 17.9 Å². The lowest BCUT2D eigenvalue weighted by molar-refractivity contribution is 0.299. The molecule has 0 bridgehead atoms. The van der Waals surface area contributed by atoms with Crippen molar-refractivity contribution in [1.82, 2.24) is 9.13 Å². The molecule has 0 aliphatic carbocycles. The van der Waals surface area contributed by atoms with Crippen molar-refractivity contribution in [3.8, 4) is 5.75 Å². The van der Waals surface area contributed by atoms with Crippen LogP contribution >= 0.6 is 0 Å². The molecule has 0 saturated heterocycles. The fourth-order valence-electron chi connectivity index (χ4n) is 1.88. The Morgan fingerprint density at radius 1 is 1.20 bits per heavy atom. The lowest BCUT2D eigenvalue weighted by atomic mass is 10.3. The van der Waals surface area contributed by atoms with Gasteiger partial charge in [-0.3, -0.25) is 9.36 Å². The van der Waals surface area contributed by atoms with Crippen LogP contribution in [0, 0.1) is 0 Å². The standard InChI is InChI=1S/C14H17N3O3/c1-16-10-12(15)13(18)17(14(16)19)8-5-9-20-11-6-3-2-4-7-11/h2-4,6-7,10H,5,8-9,15H2,1H3. The monoisotopic (exact) mass is 275 g/mol. The van der Waals surface area contributed by atoms with Crippen LogP contribution in [0.2, 0.25) is 0 Å². The minimum absolute atomic E-state index is 0.0658. The Morgan fingerprint density at radius 2 is 1.90 bits per heavy atom. The van der Waals surface area contributed by atoms with Crippen LogP contribution in [-0.2, 0) is 13.6 Å². The van der Waals surface area contributed by atoms with E-state index in [4.69, 9.17) is 10.5 Å². The number of anilines is 1. The molecule has 2 rings (SSSR count). The number of hydrogen-bond donors (Lipinski definition) is 1. The van der Waals surface area contributed by atoms with Gasteiger partial charge in [0.25, 0.3) is 5.56 Å². The molecule has 0 fully saturated rings. The normalized spacial score (nSPS) is 10.4. The lowest BCUT2D eigenvalue weighted by Gasteiger charge is -2.09. The van der Waals surface area contributed by atoms with Crippen molar-refractivity contribution in [1.29, 1.82) is 0 Å². The van der Waals surface area contributed by atoms with Crippen molar-refractivity contribution in [3.05, 3.63) is 57.4 Å². The zero-order valence-electron chi connectivity index (χ0n) is 11.3. The van der Waals surface area contributed by atoms with Gasteiger partial charge in [-0.25, -0.2) is 4.79 Å². The molecule has 0 aliphatic rings. The van der Waals surface area contributed by atoms with Crippen LogP contribution in [0.3, 0.4) is 0 Å². The Morgan fingerprint density at radius 3 is 2.60 bits per heavy atom. The topological polar surface area (TPSA) is 79.2 Å². The molecule has 2 N–H and O–H groups in total. The molecular formula is C14H17N3O3. The zero-order chi connectivity index (χ0) is 14.5. The molecule has 0 radical (unpaired) electrons. The number of rotatable bonds is 5. The van der Waals surface area contributed by atoms with Crippen molar-refractivity contribution >= 4 is 5.69 Å². The number of benzene rings is 1. The average molecular weight is 275 g/mol. The van der Waals surface area contributed by atoms with Gasteiger partial charge < -0.3 is 15.0 Å². The SMILES string of the molecule is Cn1cc(N)c(=O)n(CCCOc2ccccc2)c1=O. The number of nitrogens with two attached hydrogens (primary N) is 1. The van der Waals surface area contributed by atoms with Crippen molar-refractivity contribution < 1.29 is 4.74 Å². The van der Waals surface area contributed by atoms with Crippen molar-refractivity contribution in [2.75, 3.05) is 12.3 Å². The quantitative estimate of drug-likeness (QED) is 0.810. The van der Waals surface area contributed by atoms with E-state index >= 15 is 0 Å². The molecule has 0 unspecified atom stereocenters. The third kappa shape index (κ3) is 3.09. The van der Waals surface area contributed by atoms with Gasteiger partial charge in [-0.2, -0.15) is 0 Å². The number of nitrogen functional groups attached to an aromatic ring is 1. The molecular weight excluding hydrogens is 258 g/mol. The summed E-state index contributed by atoms with van der Waals surface area (Å²) in [5, 5.41) is 0. The van der Waals surface area contributed by atoms with E-state index in [2.05, 4.69) is 0 Å². The van der Waals surface area contributed by atoms with Crippen LogP contribution in [0.1, 0.15) is 6.42 Å². The van der Waals surface area contributed by atoms with Crippen LogP contribution in [0.15, 0.2) is 46.1 Å². The largest absolute Gasteiger partial charge is 0.494 e. The molecule has 0 amide bonds. The number of aromatic nitrogens is 2. The second-order valence-corrected chi connectivity index (χ2v) is 4.45. The smallest absolute Gasteiger partial charge is 0.330 e. The van der Waals surface area contributed by atoms with Crippen molar-refractivity contribution in [3.63, 3.8) is 0 Å². The van der Waals surface area contributed by atoms with Gasteiger partial charge in [0, 0.05) is 19.8 Å². The molecule has 0 saturated carbocycles. The van der Waals surface area contributed by atoms with Gasteiger partial charge in [0.1, 0.15) is 11.4 Å². The Balaban J connectivity index is 1.98. The van der Waals surface area contributed by atoms with E-state index in [1.807, 2.05) is 30.3 Å². The average Bonchev–Trinajstić information content (AvgIpc) is 2.45. The van der Waals surface area contributed by atoms with Gasteiger partial charge in [0.2, 0.25) is 0 Å². The van der Waals surface area contributed by atoms with E-state index in [1.165, 1.54) is 10.8 Å². The number of aryl methyl sites for hydroxylation is 1. The summed E-state index contributed by atoms with van der Waals surface area (Å²) in [5.74, 6) is 0.764. The van der Waals surface area contributed by atoms with Crippen LogP contribution < -0.4 is 21.7 Å². The maximum atomic E-state index is 11.8. The van der Waals surface area contributed by atoms with Gasteiger partial charge in [0.15, 0.2) is 0 Å². The summed E-state index contributed by atoms with van der Waals surface area (Å²) < 4.78 is 7.94. The van der Waals surface area contributed by atoms with Gasteiger partial charge in [-0.1, -0.05) is 18.2 Å². The van der Waals surface area contributed by atoms with E-state index in [0.717, 1.165) is 10.3 Å². The molecule has 1 heterocycles. The lowest BCUT2D eigenvalue weighted by Crippen LogP contribution is -2.40. The summed E-state index contributed by atoms with van der Waals surface area (Å²) in [5.41, 5.74) is 4.80. The summed E-state index contributed by atoms with van der Waals surface area (Å²) in [6.07, 6.45) is 1.88. The Kier molecular flexibility index (Phi) is 4.24. The minimum atomic E-state index is -0.451. The van der Waals surface area contributed by atoms with E-state index < -0.39 is 5.56 Å². The van der Waals surface area contributed by atoms with Gasteiger partial charge >= 0.3 is 5.69 Å². The first-order chi connectivity index (χ1) is 9.59. The first-order valence-electron chi connectivity index (χ1n) is 6.33. The highest BCUT2D eigenvalue weighted by molar-refractivity contribution is 5.30. The van der Waals surface area contributed by atoms with Crippen molar-refractivity contribution in [2.45, 2.75) is 13.0 Å². The predicted octanol–water partition coefficient (Wildman–Crippen LogP) is 0.598. The fraction of sp³-hybridized carbons (Fsp3) is 0.286. The van der Waals surface area contributed by atoms with E-state index in [0.29, 0.717) is 13.0 Å². The molecule has 0 atom stereocenters. The second kappa shape index (κ2) is 6.10. The highest BCUT2D eigenvalue weighted by Gasteiger charge is 2.06. The summed E-state index contributed by atoms with van der Waals surface area (Å²) in [6.45, 7) is 0.706. The van der Waals surface area contributed by atoms with E-state index in [9.17, 15) is 9.59 Å². The summed E-state index contributed by atoms with van der Waals surface area (Å²) in [7, 11) is 1.56. The number of nitrogens with zero attached hydrogens (tertiary/aromatic N) is 2. The predicted molar refractivity (Wildman–Crippen MR) is 76.9 cm³/mol. The van der Waals surface area contributed by atoms with Crippen molar-refractivity contribution in [2.24, 2.45) is 7.05 Å².